The molecule has 15 heavy (non-hydrogen) atoms. The third-order valence-corrected chi connectivity index (χ3v) is 2.84. The molecule has 2 heteroatoms. The summed E-state index contributed by atoms with van der Waals surface area (Å²) in [4.78, 5) is 11.8. The van der Waals surface area contributed by atoms with Crippen LogP contribution in [0.25, 0.3) is 0 Å². The Bertz CT molecular complexity index is 409. The van der Waals surface area contributed by atoms with Gasteiger partial charge in [0.15, 0.2) is 0 Å². The Hall–Kier alpha value is -1.57. The number of carbonyl (C=O) groups excluding carboxylic acids is 1. The molecule has 0 saturated heterocycles. The lowest BCUT2D eigenvalue weighted by Gasteiger charge is -2.31. The first-order valence-corrected chi connectivity index (χ1v) is 5.07. The second-order valence-electron chi connectivity index (χ2n) is 4.23. The Morgan fingerprint density at radius 2 is 2.27 bits per heavy atom. The van der Waals surface area contributed by atoms with Crippen molar-refractivity contribution in [3.05, 3.63) is 42.5 Å². The first kappa shape index (κ1) is 9.97. The number of ether oxygens (including phenoxy) is 1. The lowest BCUT2D eigenvalue weighted by Crippen LogP contribution is -2.37. The van der Waals surface area contributed by atoms with E-state index in [0.29, 0.717) is 12.2 Å². The van der Waals surface area contributed by atoms with Crippen LogP contribution in [0.2, 0.25) is 0 Å². The molecule has 1 heterocycles. The maximum Gasteiger partial charge on any atom is 0.317 e. The van der Waals surface area contributed by atoms with Crippen molar-refractivity contribution in [3.8, 4) is 5.75 Å². The summed E-state index contributed by atoms with van der Waals surface area (Å²) < 4.78 is 5.31. The smallest absolute Gasteiger partial charge is 0.317 e. The Labute approximate surface area is 89.6 Å². The number of fused-ring (bicyclic) bond motifs is 1. The highest BCUT2D eigenvalue weighted by atomic mass is 16.5. The predicted molar refractivity (Wildman–Crippen MR) is 58.7 cm³/mol. The number of benzene rings is 1. The minimum atomic E-state index is -0.448. The standard InChI is InChI=1S/C13H14O2/c1-3-8-13(2)9-10-6-4-5-7-11(10)15-12(13)14/h3-7H,1,8-9H2,2H3/t13-/m1/s1. The minimum Gasteiger partial charge on any atom is -0.426 e. The van der Waals surface area contributed by atoms with Crippen LogP contribution in [0.4, 0.5) is 0 Å². The van der Waals surface area contributed by atoms with E-state index in [2.05, 4.69) is 6.58 Å². The number of rotatable bonds is 2. The first-order valence-electron chi connectivity index (χ1n) is 5.07. The van der Waals surface area contributed by atoms with Crippen molar-refractivity contribution in [2.75, 3.05) is 0 Å². The maximum absolute atomic E-state index is 11.8. The molecule has 1 atom stereocenters. The van der Waals surface area contributed by atoms with E-state index in [1.807, 2.05) is 31.2 Å². The molecule has 0 fully saturated rings. The molecule has 0 saturated carbocycles. The highest BCUT2D eigenvalue weighted by molar-refractivity contribution is 5.81. The van der Waals surface area contributed by atoms with Crippen LogP contribution in [0, 0.1) is 5.41 Å². The Morgan fingerprint density at radius 1 is 1.53 bits per heavy atom. The number of carbonyl (C=O) groups is 1. The molecule has 0 radical (unpaired) electrons. The van der Waals surface area contributed by atoms with Crippen molar-refractivity contribution in [2.24, 2.45) is 5.41 Å². The average molecular weight is 202 g/mol. The van der Waals surface area contributed by atoms with Gasteiger partial charge in [-0.25, -0.2) is 0 Å². The van der Waals surface area contributed by atoms with E-state index >= 15 is 0 Å². The summed E-state index contributed by atoms with van der Waals surface area (Å²) in [5.74, 6) is 0.546. The van der Waals surface area contributed by atoms with Gasteiger partial charge in [-0.2, -0.15) is 0 Å². The van der Waals surface area contributed by atoms with Gasteiger partial charge in [0.2, 0.25) is 0 Å². The first-order chi connectivity index (χ1) is 7.15. The van der Waals surface area contributed by atoms with Crippen molar-refractivity contribution < 1.29 is 9.53 Å². The van der Waals surface area contributed by atoms with Gasteiger partial charge >= 0.3 is 5.97 Å². The van der Waals surface area contributed by atoms with Crippen molar-refractivity contribution >= 4 is 5.97 Å². The number of allylic oxidation sites excluding steroid dienone is 1. The van der Waals surface area contributed by atoms with Crippen molar-refractivity contribution in [3.63, 3.8) is 0 Å². The fraction of sp³-hybridized carbons (Fsp3) is 0.308. The molecule has 0 aliphatic carbocycles. The van der Waals surface area contributed by atoms with Crippen LogP contribution in [0.5, 0.6) is 5.75 Å². The molecule has 1 aliphatic rings. The predicted octanol–water partition coefficient (Wildman–Crippen LogP) is 2.73. The van der Waals surface area contributed by atoms with E-state index in [1.165, 1.54) is 0 Å². The number of hydrogen-bond donors (Lipinski definition) is 0. The number of para-hydroxylation sites is 1. The maximum atomic E-state index is 11.8. The van der Waals surface area contributed by atoms with Crippen LogP contribution >= 0.6 is 0 Å². The summed E-state index contributed by atoms with van der Waals surface area (Å²) in [5, 5.41) is 0. The molecule has 0 amide bonds. The van der Waals surface area contributed by atoms with Gasteiger partial charge in [-0.15, -0.1) is 6.58 Å². The van der Waals surface area contributed by atoms with E-state index < -0.39 is 5.41 Å². The van der Waals surface area contributed by atoms with E-state index in [9.17, 15) is 4.79 Å². The monoisotopic (exact) mass is 202 g/mol. The second-order valence-corrected chi connectivity index (χ2v) is 4.23. The lowest BCUT2D eigenvalue weighted by molar-refractivity contribution is -0.146. The Kier molecular flexibility index (Phi) is 2.35. The highest BCUT2D eigenvalue weighted by Gasteiger charge is 2.38. The minimum absolute atomic E-state index is 0.152. The van der Waals surface area contributed by atoms with Crippen molar-refractivity contribution in [2.45, 2.75) is 19.8 Å². The van der Waals surface area contributed by atoms with E-state index in [4.69, 9.17) is 4.74 Å². The quantitative estimate of drug-likeness (QED) is 0.419. The van der Waals surface area contributed by atoms with Gasteiger partial charge in [-0.3, -0.25) is 4.79 Å². The molecule has 0 unspecified atom stereocenters. The zero-order valence-electron chi connectivity index (χ0n) is 8.82. The average Bonchev–Trinajstić information content (AvgIpc) is 2.20. The van der Waals surface area contributed by atoms with E-state index in [1.54, 1.807) is 6.08 Å². The highest BCUT2D eigenvalue weighted by Crippen LogP contribution is 2.37. The van der Waals surface area contributed by atoms with Crippen LogP contribution in [0.3, 0.4) is 0 Å². The molecule has 2 nitrogen and oxygen atoms in total. The van der Waals surface area contributed by atoms with E-state index in [0.717, 1.165) is 12.0 Å². The molecular formula is C13H14O2. The van der Waals surface area contributed by atoms with Gasteiger partial charge in [-0.1, -0.05) is 24.3 Å². The van der Waals surface area contributed by atoms with Gasteiger partial charge in [0, 0.05) is 0 Å². The third kappa shape index (κ3) is 1.67. The Morgan fingerprint density at radius 3 is 3.00 bits per heavy atom. The molecular weight excluding hydrogens is 188 g/mol. The Balaban J connectivity index is 2.37. The lowest BCUT2D eigenvalue weighted by atomic mass is 9.79. The van der Waals surface area contributed by atoms with Crippen LogP contribution < -0.4 is 4.74 Å². The zero-order valence-corrected chi connectivity index (χ0v) is 8.82. The molecule has 78 valence electrons. The molecule has 1 aromatic rings. The van der Waals surface area contributed by atoms with Gasteiger partial charge in [0.25, 0.3) is 0 Å². The molecule has 2 rings (SSSR count). The van der Waals surface area contributed by atoms with Gasteiger partial charge in [0.05, 0.1) is 5.41 Å². The van der Waals surface area contributed by atoms with Crippen molar-refractivity contribution in [1.82, 2.24) is 0 Å². The fourth-order valence-electron chi connectivity index (χ4n) is 1.94. The second kappa shape index (κ2) is 3.54. The molecule has 1 aliphatic heterocycles. The number of esters is 1. The molecule has 0 N–H and O–H groups in total. The van der Waals surface area contributed by atoms with Gasteiger partial charge in [0.1, 0.15) is 5.75 Å². The van der Waals surface area contributed by atoms with Crippen molar-refractivity contribution in [1.29, 1.82) is 0 Å². The molecule has 0 aromatic heterocycles. The summed E-state index contributed by atoms with van der Waals surface area (Å²) in [5.41, 5.74) is 0.650. The van der Waals surface area contributed by atoms with Crippen LogP contribution in [-0.4, -0.2) is 5.97 Å². The summed E-state index contributed by atoms with van der Waals surface area (Å²) in [6.07, 6.45) is 3.16. The molecule has 0 bridgehead atoms. The largest absolute Gasteiger partial charge is 0.426 e. The summed E-state index contributed by atoms with van der Waals surface area (Å²) in [6.45, 7) is 5.61. The number of hydrogen-bond acceptors (Lipinski definition) is 2. The summed E-state index contributed by atoms with van der Waals surface area (Å²) >= 11 is 0. The fourth-order valence-corrected chi connectivity index (χ4v) is 1.94. The summed E-state index contributed by atoms with van der Waals surface area (Å²) in [6, 6.07) is 7.68. The van der Waals surface area contributed by atoms with Crippen LogP contribution in [0.15, 0.2) is 36.9 Å². The van der Waals surface area contributed by atoms with Crippen LogP contribution in [0.1, 0.15) is 18.9 Å². The summed E-state index contributed by atoms with van der Waals surface area (Å²) in [7, 11) is 0. The SMILES string of the molecule is C=CC[C@]1(C)Cc2ccccc2OC1=O. The van der Waals surface area contributed by atoms with Crippen LogP contribution in [-0.2, 0) is 11.2 Å². The third-order valence-electron chi connectivity index (χ3n) is 2.84. The normalized spacial score (nSPS) is 24.2. The van der Waals surface area contributed by atoms with Gasteiger partial charge in [-0.05, 0) is 31.4 Å². The topological polar surface area (TPSA) is 26.3 Å². The van der Waals surface area contributed by atoms with E-state index in [-0.39, 0.29) is 5.97 Å². The van der Waals surface area contributed by atoms with Gasteiger partial charge < -0.3 is 4.74 Å². The molecule has 1 aromatic carbocycles. The molecule has 0 spiro atoms. The zero-order chi connectivity index (χ0) is 10.9.